The van der Waals surface area contributed by atoms with Gasteiger partial charge in [0.1, 0.15) is 5.82 Å². The molecule has 0 radical (unpaired) electrons. The number of hydrogen-bond donors (Lipinski definition) is 1. The Hall–Kier alpha value is -3.73. The Kier molecular flexibility index (Phi) is 4.72. The van der Waals surface area contributed by atoms with Gasteiger partial charge in [0, 0.05) is 11.1 Å². The number of nitrogens with zero attached hydrogens (tertiary/aromatic N) is 2. The van der Waals surface area contributed by atoms with Crippen LogP contribution in [0, 0.1) is 0 Å². The van der Waals surface area contributed by atoms with E-state index in [1.54, 1.807) is 28.8 Å². The number of fused-ring (bicyclic) bond motifs is 1. The topological polar surface area (TPSA) is 64.0 Å². The summed E-state index contributed by atoms with van der Waals surface area (Å²) in [6.45, 7) is 1.83. The first-order chi connectivity index (χ1) is 13.6. The van der Waals surface area contributed by atoms with E-state index in [2.05, 4.69) is 10.3 Å². The number of carbonyl (C=O) groups is 2. The van der Waals surface area contributed by atoms with Gasteiger partial charge in [-0.2, -0.15) is 0 Å². The molecule has 4 aromatic rings. The highest BCUT2D eigenvalue weighted by Gasteiger charge is 2.23. The summed E-state index contributed by atoms with van der Waals surface area (Å²) in [6.07, 6.45) is 0. The fourth-order valence-corrected chi connectivity index (χ4v) is 3.19. The quantitative estimate of drug-likeness (QED) is 0.586. The van der Waals surface area contributed by atoms with Gasteiger partial charge in [-0.3, -0.25) is 14.2 Å². The maximum Gasteiger partial charge on any atom is 0.263 e. The van der Waals surface area contributed by atoms with Crippen molar-refractivity contribution in [1.29, 1.82) is 0 Å². The number of imidazole rings is 1. The molecule has 0 unspecified atom stereocenters. The second kappa shape index (κ2) is 7.48. The number of benzene rings is 3. The summed E-state index contributed by atoms with van der Waals surface area (Å²) in [7, 11) is 0. The maximum atomic E-state index is 13.2. The molecule has 0 spiro atoms. The summed E-state index contributed by atoms with van der Waals surface area (Å²) in [6, 6.07) is 25.1. The number of hydrogen-bond acceptors (Lipinski definition) is 3. The van der Waals surface area contributed by atoms with E-state index in [4.69, 9.17) is 0 Å². The fraction of sp³-hybridized carbons (Fsp3) is 0.0870. The lowest BCUT2D eigenvalue weighted by Gasteiger charge is -2.15. The zero-order valence-corrected chi connectivity index (χ0v) is 15.4. The third-order valence-corrected chi connectivity index (χ3v) is 4.58. The highest BCUT2D eigenvalue weighted by molar-refractivity contribution is 6.02. The van der Waals surface area contributed by atoms with Crippen molar-refractivity contribution in [2.24, 2.45) is 0 Å². The van der Waals surface area contributed by atoms with Crippen molar-refractivity contribution in [3.63, 3.8) is 0 Å². The molecular formula is C23H19N3O2. The van der Waals surface area contributed by atoms with Crippen LogP contribution in [0.3, 0.4) is 0 Å². The van der Waals surface area contributed by atoms with Crippen LogP contribution in [0.4, 0.5) is 0 Å². The highest BCUT2D eigenvalue weighted by atomic mass is 16.2. The van der Waals surface area contributed by atoms with Crippen LogP contribution in [0.5, 0.6) is 0 Å². The summed E-state index contributed by atoms with van der Waals surface area (Å²) in [5.41, 5.74) is 2.55. The molecule has 1 atom stereocenters. The molecule has 0 aliphatic rings. The summed E-state index contributed by atoms with van der Waals surface area (Å²) < 4.78 is 1.58. The van der Waals surface area contributed by atoms with E-state index in [1.807, 2.05) is 67.6 Å². The van der Waals surface area contributed by atoms with E-state index in [-0.39, 0.29) is 11.8 Å². The van der Waals surface area contributed by atoms with Gasteiger partial charge in [0.05, 0.1) is 17.1 Å². The van der Waals surface area contributed by atoms with E-state index in [0.29, 0.717) is 28.0 Å². The monoisotopic (exact) mass is 369 g/mol. The van der Waals surface area contributed by atoms with Crippen LogP contribution in [0.1, 0.15) is 39.5 Å². The minimum absolute atomic E-state index is 0.176. The van der Waals surface area contributed by atoms with Gasteiger partial charge >= 0.3 is 0 Å². The molecule has 0 saturated heterocycles. The largest absolute Gasteiger partial charge is 0.342 e. The zero-order chi connectivity index (χ0) is 19.5. The summed E-state index contributed by atoms with van der Waals surface area (Å²) in [5, 5.41) is 2.95. The predicted molar refractivity (Wildman–Crippen MR) is 108 cm³/mol. The van der Waals surface area contributed by atoms with Crippen LogP contribution in [0.15, 0.2) is 84.9 Å². The Labute approximate surface area is 162 Å². The van der Waals surface area contributed by atoms with E-state index < -0.39 is 6.04 Å². The molecule has 1 amide bonds. The minimum Gasteiger partial charge on any atom is -0.342 e. The summed E-state index contributed by atoms with van der Waals surface area (Å²) in [4.78, 5) is 30.4. The lowest BCUT2D eigenvalue weighted by atomic mass is 10.2. The standard InChI is InChI=1S/C23H19N3O2/c1-16(24-22(27)17-10-4-2-5-11-17)21-25-19-14-8-9-15-20(19)26(21)23(28)18-12-6-3-7-13-18/h2-16H,1H3,(H,24,27)/t16-/m1/s1. The molecule has 1 N–H and O–H groups in total. The van der Waals surface area contributed by atoms with Gasteiger partial charge in [0.25, 0.3) is 11.8 Å². The highest BCUT2D eigenvalue weighted by Crippen LogP contribution is 2.22. The number of amides is 1. The second-order valence-corrected chi connectivity index (χ2v) is 6.53. The Bertz CT molecular complexity index is 1130. The molecule has 1 heterocycles. The van der Waals surface area contributed by atoms with Gasteiger partial charge < -0.3 is 5.32 Å². The third-order valence-electron chi connectivity index (χ3n) is 4.58. The van der Waals surface area contributed by atoms with Crippen molar-refractivity contribution in [2.75, 3.05) is 0 Å². The number of rotatable bonds is 4. The van der Waals surface area contributed by atoms with Crippen LogP contribution >= 0.6 is 0 Å². The predicted octanol–water partition coefficient (Wildman–Crippen LogP) is 4.22. The average Bonchev–Trinajstić information content (AvgIpc) is 3.14. The van der Waals surface area contributed by atoms with E-state index in [0.717, 1.165) is 0 Å². The average molecular weight is 369 g/mol. The van der Waals surface area contributed by atoms with Crippen LogP contribution in [-0.2, 0) is 0 Å². The SMILES string of the molecule is C[C@@H](NC(=O)c1ccccc1)c1nc2ccccc2n1C(=O)c1ccccc1. The minimum atomic E-state index is -0.451. The molecule has 1 aromatic heterocycles. The maximum absolute atomic E-state index is 13.2. The van der Waals surface area contributed by atoms with E-state index in [9.17, 15) is 9.59 Å². The Morgan fingerprint density at radius 1 is 0.821 bits per heavy atom. The molecule has 0 saturated carbocycles. The molecule has 3 aromatic carbocycles. The van der Waals surface area contributed by atoms with Gasteiger partial charge in [-0.05, 0) is 43.3 Å². The molecule has 0 aliphatic heterocycles. The number of para-hydroxylation sites is 2. The van der Waals surface area contributed by atoms with Crippen molar-refractivity contribution in [3.05, 3.63) is 102 Å². The zero-order valence-electron chi connectivity index (χ0n) is 15.4. The molecule has 138 valence electrons. The van der Waals surface area contributed by atoms with Crippen LogP contribution < -0.4 is 5.32 Å². The molecule has 5 nitrogen and oxygen atoms in total. The molecule has 0 fully saturated rings. The molecule has 0 bridgehead atoms. The fourth-order valence-electron chi connectivity index (χ4n) is 3.19. The Balaban J connectivity index is 1.74. The van der Waals surface area contributed by atoms with Crippen molar-refractivity contribution in [3.8, 4) is 0 Å². The first-order valence-corrected chi connectivity index (χ1v) is 9.08. The van der Waals surface area contributed by atoms with Crippen molar-refractivity contribution < 1.29 is 9.59 Å². The molecular weight excluding hydrogens is 350 g/mol. The number of aromatic nitrogens is 2. The van der Waals surface area contributed by atoms with Gasteiger partial charge in [0.15, 0.2) is 0 Å². The van der Waals surface area contributed by atoms with Gasteiger partial charge in [-0.1, -0.05) is 48.5 Å². The van der Waals surface area contributed by atoms with Gasteiger partial charge in [-0.25, -0.2) is 4.98 Å². The van der Waals surface area contributed by atoms with Crippen LogP contribution in [0.2, 0.25) is 0 Å². The molecule has 28 heavy (non-hydrogen) atoms. The van der Waals surface area contributed by atoms with Crippen molar-refractivity contribution >= 4 is 22.8 Å². The van der Waals surface area contributed by atoms with Crippen molar-refractivity contribution in [1.82, 2.24) is 14.9 Å². The lowest BCUT2D eigenvalue weighted by Crippen LogP contribution is -2.30. The smallest absolute Gasteiger partial charge is 0.263 e. The number of carbonyl (C=O) groups excluding carboxylic acids is 2. The van der Waals surface area contributed by atoms with Crippen LogP contribution in [0.25, 0.3) is 11.0 Å². The van der Waals surface area contributed by atoms with Gasteiger partial charge in [0.2, 0.25) is 0 Å². The number of nitrogens with one attached hydrogen (secondary N) is 1. The molecule has 0 aliphatic carbocycles. The normalized spacial score (nSPS) is 11.9. The molecule has 5 heteroatoms. The van der Waals surface area contributed by atoms with E-state index in [1.165, 1.54) is 0 Å². The Morgan fingerprint density at radius 2 is 1.39 bits per heavy atom. The Morgan fingerprint density at radius 3 is 2.07 bits per heavy atom. The first kappa shape index (κ1) is 17.7. The van der Waals surface area contributed by atoms with E-state index >= 15 is 0 Å². The lowest BCUT2D eigenvalue weighted by molar-refractivity contribution is 0.0920. The molecule has 4 rings (SSSR count). The third kappa shape index (κ3) is 3.30. The second-order valence-electron chi connectivity index (χ2n) is 6.53. The van der Waals surface area contributed by atoms with Gasteiger partial charge in [-0.15, -0.1) is 0 Å². The summed E-state index contributed by atoms with van der Waals surface area (Å²) in [5.74, 6) is 0.114. The van der Waals surface area contributed by atoms with Crippen LogP contribution in [-0.4, -0.2) is 21.4 Å². The first-order valence-electron chi connectivity index (χ1n) is 9.08. The summed E-state index contributed by atoms with van der Waals surface area (Å²) >= 11 is 0. The van der Waals surface area contributed by atoms with Crippen molar-refractivity contribution in [2.45, 2.75) is 13.0 Å².